The predicted molar refractivity (Wildman–Crippen MR) is 85.7 cm³/mol. The van der Waals surface area contributed by atoms with Crippen molar-refractivity contribution in [2.24, 2.45) is 5.73 Å². The fraction of sp³-hybridized carbons (Fsp3) is 0.600. The minimum atomic E-state index is 0.0624. The Morgan fingerprint density at radius 2 is 2.00 bits per heavy atom. The largest absolute Gasteiger partial charge is 0.368 e. The molecule has 19 heavy (non-hydrogen) atoms. The highest BCUT2D eigenvalue weighted by Crippen LogP contribution is 2.30. The quantitative estimate of drug-likeness (QED) is 0.907. The molecular weight excluding hydrogens is 302 g/mol. The van der Waals surface area contributed by atoms with Crippen LogP contribution in [-0.2, 0) is 0 Å². The molecule has 0 aromatic heterocycles. The Balaban J connectivity index is 2.21. The van der Waals surface area contributed by atoms with Gasteiger partial charge in [0.2, 0.25) is 0 Å². The molecule has 0 aliphatic carbocycles. The van der Waals surface area contributed by atoms with Gasteiger partial charge >= 0.3 is 0 Å². The van der Waals surface area contributed by atoms with Crippen LogP contribution in [0.15, 0.2) is 22.7 Å². The van der Waals surface area contributed by atoms with Crippen molar-refractivity contribution in [2.45, 2.75) is 32.4 Å². The second-order valence-corrected chi connectivity index (χ2v) is 7.00. The zero-order chi connectivity index (χ0) is 14.2. The number of rotatable bonds is 2. The Kier molecular flexibility index (Phi) is 4.23. The van der Waals surface area contributed by atoms with Gasteiger partial charge in [-0.15, -0.1) is 0 Å². The van der Waals surface area contributed by atoms with Crippen molar-refractivity contribution >= 4 is 21.6 Å². The number of hydrogen-bond donors (Lipinski definition) is 1. The molecule has 106 valence electrons. The van der Waals surface area contributed by atoms with E-state index in [-0.39, 0.29) is 11.6 Å². The van der Waals surface area contributed by atoms with Gasteiger partial charge in [0.1, 0.15) is 0 Å². The average molecular weight is 326 g/mol. The summed E-state index contributed by atoms with van der Waals surface area (Å²) in [6.45, 7) is 9.82. The summed E-state index contributed by atoms with van der Waals surface area (Å²) in [7, 11) is 2.20. The van der Waals surface area contributed by atoms with Crippen LogP contribution in [0.5, 0.6) is 0 Å². The summed E-state index contributed by atoms with van der Waals surface area (Å²) in [5, 5.41) is 0. The lowest BCUT2D eigenvalue weighted by Crippen LogP contribution is -2.57. The van der Waals surface area contributed by atoms with Gasteiger partial charge < -0.3 is 10.6 Å². The van der Waals surface area contributed by atoms with E-state index in [4.69, 9.17) is 5.73 Å². The number of nitrogens with two attached hydrogens (primary N) is 1. The third-order valence-electron chi connectivity index (χ3n) is 4.16. The Bertz CT molecular complexity index is 457. The molecule has 1 aromatic carbocycles. The number of nitrogens with zero attached hydrogens (tertiary/aromatic N) is 2. The van der Waals surface area contributed by atoms with Crippen LogP contribution in [-0.4, -0.2) is 37.1 Å². The monoisotopic (exact) mass is 325 g/mol. The van der Waals surface area contributed by atoms with Gasteiger partial charge in [-0.25, -0.2) is 0 Å². The van der Waals surface area contributed by atoms with Gasteiger partial charge in [-0.05, 0) is 45.5 Å². The molecule has 2 rings (SSSR count). The molecule has 0 bridgehead atoms. The summed E-state index contributed by atoms with van der Waals surface area (Å²) in [5.41, 5.74) is 8.61. The molecule has 1 saturated heterocycles. The van der Waals surface area contributed by atoms with Crippen LogP contribution in [0.4, 0.5) is 5.69 Å². The lowest BCUT2D eigenvalue weighted by Gasteiger charge is -2.46. The smallest absolute Gasteiger partial charge is 0.0378 e. The summed E-state index contributed by atoms with van der Waals surface area (Å²) >= 11 is 3.64. The Morgan fingerprint density at radius 1 is 1.32 bits per heavy atom. The first-order valence-corrected chi connectivity index (χ1v) is 7.62. The van der Waals surface area contributed by atoms with Crippen LogP contribution in [0.3, 0.4) is 0 Å². The Morgan fingerprint density at radius 3 is 2.53 bits per heavy atom. The number of anilines is 1. The van der Waals surface area contributed by atoms with E-state index >= 15 is 0 Å². The van der Waals surface area contributed by atoms with Crippen LogP contribution in [0, 0.1) is 0 Å². The Hall–Kier alpha value is -0.580. The molecular formula is C15H24BrN3. The second-order valence-electron chi connectivity index (χ2n) is 6.15. The lowest BCUT2D eigenvalue weighted by atomic mass is 9.99. The van der Waals surface area contributed by atoms with E-state index in [2.05, 4.69) is 64.8 Å². The van der Waals surface area contributed by atoms with Crippen molar-refractivity contribution in [1.82, 2.24) is 4.90 Å². The fourth-order valence-electron chi connectivity index (χ4n) is 2.54. The molecule has 1 aliphatic rings. The summed E-state index contributed by atoms with van der Waals surface area (Å²) in [6, 6.07) is 6.58. The molecule has 0 radical (unpaired) electrons. The van der Waals surface area contributed by atoms with Gasteiger partial charge in [-0.2, -0.15) is 0 Å². The highest BCUT2D eigenvalue weighted by Gasteiger charge is 2.31. The maximum Gasteiger partial charge on any atom is 0.0378 e. The summed E-state index contributed by atoms with van der Waals surface area (Å²) in [4.78, 5) is 4.88. The molecule has 0 amide bonds. The molecule has 0 spiro atoms. The maximum atomic E-state index is 5.95. The molecule has 3 nitrogen and oxygen atoms in total. The minimum absolute atomic E-state index is 0.0624. The number of halogens is 1. The molecule has 4 heteroatoms. The number of hydrogen-bond acceptors (Lipinski definition) is 3. The van der Waals surface area contributed by atoms with E-state index in [1.54, 1.807) is 0 Å². The van der Waals surface area contributed by atoms with E-state index in [9.17, 15) is 0 Å². The topological polar surface area (TPSA) is 32.5 Å². The third-order valence-corrected chi connectivity index (χ3v) is 4.84. The standard InChI is InChI=1S/C15H24BrN3/c1-11(17)13-6-5-12(9-14(13)16)19-8-7-18(4)15(2,3)10-19/h5-6,9,11H,7-8,10,17H2,1-4H3/t11-/m0/s1. The van der Waals surface area contributed by atoms with Crippen molar-refractivity contribution in [3.05, 3.63) is 28.2 Å². The molecule has 1 aliphatic heterocycles. The first-order valence-electron chi connectivity index (χ1n) is 6.82. The SMILES string of the molecule is C[C@H](N)c1ccc(N2CCN(C)C(C)(C)C2)cc1Br. The maximum absolute atomic E-state index is 5.95. The van der Waals surface area contributed by atoms with Crippen molar-refractivity contribution in [1.29, 1.82) is 0 Å². The van der Waals surface area contributed by atoms with Gasteiger partial charge in [0.15, 0.2) is 0 Å². The molecule has 1 aromatic rings. The van der Waals surface area contributed by atoms with Gasteiger partial charge in [-0.1, -0.05) is 22.0 Å². The van der Waals surface area contributed by atoms with Gasteiger partial charge in [0, 0.05) is 41.4 Å². The molecule has 0 saturated carbocycles. The van der Waals surface area contributed by atoms with Gasteiger partial charge in [0.25, 0.3) is 0 Å². The van der Waals surface area contributed by atoms with E-state index in [0.717, 1.165) is 29.7 Å². The van der Waals surface area contributed by atoms with Gasteiger partial charge in [-0.3, -0.25) is 4.90 Å². The average Bonchev–Trinajstić information content (AvgIpc) is 2.32. The number of likely N-dealkylation sites (N-methyl/N-ethyl adjacent to an activating group) is 1. The summed E-state index contributed by atoms with van der Waals surface area (Å²) in [5.74, 6) is 0. The van der Waals surface area contributed by atoms with Crippen molar-refractivity contribution in [3.8, 4) is 0 Å². The van der Waals surface area contributed by atoms with Crippen LogP contribution < -0.4 is 10.6 Å². The van der Waals surface area contributed by atoms with Crippen LogP contribution in [0.2, 0.25) is 0 Å². The fourth-order valence-corrected chi connectivity index (χ4v) is 3.27. The second kappa shape index (κ2) is 5.43. The van der Waals surface area contributed by atoms with E-state index in [0.29, 0.717) is 0 Å². The Labute approximate surface area is 124 Å². The molecule has 1 atom stereocenters. The molecule has 1 fully saturated rings. The summed E-state index contributed by atoms with van der Waals surface area (Å²) in [6.07, 6.45) is 0. The highest BCUT2D eigenvalue weighted by molar-refractivity contribution is 9.10. The van der Waals surface area contributed by atoms with Gasteiger partial charge in [0.05, 0.1) is 0 Å². The predicted octanol–water partition coefficient (Wildman–Crippen LogP) is 3.00. The third kappa shape index (κ3) is 3.12. The van der Waals surface area contributed by atoms with Crippen molar-refractivity contribution in [3.63, 3.8) is 0 Å². The van der Waals surface area contributed by atoms with Crippen LogP contribution in [0.1, 0.15) is 32.4 Å². The van der Waals surface area contributed by atoms with Crippen molar-refractivity contribution in [2.75, 3.05) is 31.6 Å². The van der Waals surface area contributed by atoms with Crippen LogP contribution in [0.25, 0.3) is 0 Å². The molecule has 0 unspecified atom stereocenters. The van der Waals surface area contributed by atoms with Crippen molar-refractivity contribution < 1.29 is 0 Å². The first-order chi connectivity index (χ1) is 8.81. The molecule has 2 N–H and O–H groups in total. The lowest BCUT2D eigenvalue weighted by molar-refractivity contribution is 0.139. The van der Waals surface area contributed by atoms with E-state index in [1.807, 2.05) is 6.92 Å². The van der Waals surface area contributed by atoms with Crippen LogP contribution >= 0.6 is 15.9 Å². The van der Waals surface area contributed by atoms with E-state index < -0.39 is 0 Å². The minimum Gasteiger partial charge on any atom is -0.368 e. The normalized spacial score (nSPS) is 21.5. The zero-order valence-corrected chi connectivity index (χ0v) is 13.9. The van der Waals surface area contributed by atoms with E-state index in [1.165, 1.54) is 5.69 Å². The number of benzene rings is 1. The zero-order valence-electron chi connectivity index (χ0n) is 12.3. The number of piperazine rings is 1. The highest BCUT2D eigenvalue weighted by atomic mass is 79.9. The first kappa shape index (κ1) is 14.8. The summed E-state index contributed by atoms with van der Waals surface area (Å²) < 4.78 is 1.11. The molecule has 1 heterocycles.